The Hall–Kier alpha value is -3.49. The summed E-state index contributed by atoms with van der Waals surface area (Å²) < 4.78 is 32.8. The van der Waals surface area contributed by atoms with E-state index in [0.717, 1.165) is 15.8 Å². The number of rotatable bonds is 4. The lowest BCUT2D eigenvalue weighted by molar-refractivity contribution is 0.0648. The van der Waals surface area contributed by atoms with Crippen LogP contribution in [0.15, 0.2) is 53.3 Å². The van der Waals surface area contributed by atoms with Crippen LogP contribution >= 0.6 is 0 Å². The number of carbonyl (C=O) groups is 1. The molecule has 4 heterocycles. The summed E-state index contributed by atoms with van der Waals surface area (Å²) in [4.78, 5) is 22.5. The molecule has 3 aromatic heterocycles. The Morgan fingerprint density at radius 3 is 3.00 bits per heavy atom. The summed E-state index contributed by atoms with van der Waals surface area (Å²) in [5.41, 5.74) is 2.45. The minimum atomic E-state index is -2.60. The third-order valence-electron chi connectivity index (χ3n) is 5.15. The van der Waals surface area contributed by atoms with E-state index in [0.29, 0.717) is 30.0 Å². The van der Waals surface area contributed by atoms with Crippen LogP contribution in [0.5, 0.6) is 0 Å². The zero-order chi connectivity index (χ0) is 20.0. The molecule has 7 nitrogen and oxygen atoms in total. The Morgan fingerprint density at radius 1 is 1.31 bits per heavy atom. The predicted molar refractivity (Wildman–Crippen MR) is 99.6 cm³/mol. The second-order valence-corrected chi connectivity index (χ2v) is 6.89. The van der Waals surface area contributed by atoms with Gasteiger partial charge in [-0.05, 0) is 18.2 Å². The molecule has 1 aromatic carbocycles. The van der Waals surface area contributed by atoms with Gasteiger partial charge in [0.05, 0.1) is 12.0 Å². The number of benzene rings is 1. The summed E-state index contributed by atoms with van der Waals surface area (Å²) >= 11 is 0. The largest absolute Gasteiger partial charge is 0.458 e. The van der Waals surface area contributed by atoms with E-state index in [1.54, 1.807) is 11.2 Å². The Balaban J connectivity index is 1.58. The molecule has 0 aliphatic carbocycles. The quantitative estimate of drug-likeness (QED) is 0.572. The molecule has 148 valence electrons. The summed E-state index contributed by atoms with van der Waals surface area (Å²) in [5, 5.41) is 4.80. The van der Waals surface area contributed by atoms with Gasteiger partial charge in [0.2, 0.25) is 0 Å². The predicted octanol–water partition coefficient (Wildman–Crippen LogP) is 3.41. The number of carbonyl (C=O) groups excluding carboxylic acids is 1. The maximum absolute atomic E-state index is 13.3. The fourth-order valence-electron chi connectivity index (χ4n) is 3.86. The van der Waals surface area contributed by atoms with Crippen LogP contribution < -0.4 is 0 Å². The molecule has 1 aliphatic heterocycles. The van der Waals surface area contributed by atoms with Crippen LogP contribution in [-0.2, 0) is 13.0 Å². The highest BCUT2D eigenvalue weighted by molar-refractivity contribution is 5.93. The molecule has 9 heteroatoms. The van der Waals surface area contributed by atoms with Crippen LogP contribution in [0.3, 0.4) is 0 Å². The molecular weight excluding hydrogens is 380 g/mol. The van der Waals surface area contributed by atoms with Crippen molar-refractivity contribution in [3.05, 3.63) is 71.8 Å². The number of para-hydroxylation sites is 1. The fraction of sp³-hybridized carbons (Fsp3) is 0.250. The lowest BCUT2D eigenvalue weighted by Crippen LogP contribution is -2.41. The second-order valence-electron chi connectivity index (χ2n) is 6.89. The van der Waals surface area contributed by atoms with Gasteiger partial charge < -0.3 is 14.3 Å². The SMILES string of the molecule is O=C(c1ccnn1CC(F)F)N1CCc2[nH]cnc2[C@H]1c1cc2ccccc2o1. The molecule has 1 atom stereocenters. The van der Waals surface area contributed by atoms with Gasteiger partial charge in [0.25, 0.3) is 12.3 Å². The molecule has 0 spiro atoms. The van der Waals surface area contributed by atoms with E-state index in [4.69, 9.17) is 4.42 Å². The molecule has 0 unspecified atom stereocenters. The van der Waals surface area contributed by atoms with Gasteiger partial charge in [-0.2, -0.15) is 5.10 Å². The molecule has 1 N–H and O–H groups in total. The molecule has 0 bridgehead atoms. The summed E-state index contributed by atoms with van der Waals surface area (Å²) in [5.74, 6) is 0.190. The summed E-state index contributed by atoms with van der Waals surface area (Å²) in [6.07, 6.45) is 0.929. The molecule has 4 aromatic rings. The number of halogens is 2. The van der Waals surface area contributed by atoms with Crippen LogP contribution in [0.1, 0.15) is 33.7 Å². The molecular formula is C20H17F2N5O2. The van der Waals surface area contributed by atoms with Gasteiger partial charge in [-0.1, -0.05) is 18.2 Å². The van der Waals surface area contributed by atoms with E-state index in [2.05, 4.69) is 15.1 Å². The lowest BCUT2D eigenvalue weighted by atomic mass is 9.99. The number of amides is 1. The minimum absolute atomic E-state index is 0.116. The monoisotopic (exact) mass is 397 g/mol. The van der Waals surface area contributed by atoms with Crippen molar-refractivity contribution in [2.75, 3.05) is 6.54 Å². The van der Waals surface area contributed by atoms with E-state index in [1.165, 1.54) is 12.3 Å². The van der Waals surface area contributed by atoms with Crippen LogP contribution in [0.2, 0.25) is 0 Å². The van der Waals surface area contributed by atoms with Gasteiger partial charge in [0.1, 0.15) is 29.6 Å². The van der Waals surface area contributed by atoms with Crippen molar-refractivity contribution in [2.24, 2.45) is 0 Å². The Kier molecular flexibility index (Phi) is 4.15. The highest BCUT2D eigenvalue weighted by atomic mass is 19.3. The number of fused-ring (bicyclic) bond motifs is 2. The van der Waals surface area contributed by atoms with Crippen molar-refractivity contribution in [1.82, 2.24) is 24.6 Å². The number of nitrogens with zero attached hydrogens (tertiary/aromatic N) is 4. The van der Waals surface area contributed by atoms with E-state index >= 15 is 0 Å². The number of aromatic nitrogens is 4. The number of hydrogen-bond donors (Lipinski definition) is 1. The topological polar surface area (TPSA) is 80.0 Å². The average molecular weight is 397 g/mol. The highest BCUT2D eigenvalue weighted by Gasteiger charge is 2.37. The van der Waals surface area contributed by atoms with Crippen LogP contribution in [0.4, 0.5) is 8.78 Å². The standard InChI is InChI=1S/C20H17F2N5O2/c21-17(22)10-27-14(5-7-25-27)20(28)26-8-6-13-18(24-11-23-13)19(26)16-9-12-3-1-2-4-15(12)29-16/h1-5,7,9,11,17,19H,6,8,10H2,(H,23,24)/t19-/m1/s1. The van der Waals surface area contributed by atoms with Crippen molar-refractivity contribution in [2.45, 2.75) is 25.4 Å². The third-order valence-corrected chi connectivity index (χ3v) is 5.15. The van der Waals surface area contributed by atoms with Crippen LogP contribution in [0, 0.1) is 0 Å². The zero-order valence-electron chi connectivity index (χ0n) is 15.3. The zero-order valence-corrected chi connectivity index (χ0v) is 15.3. The van der Waals surface area contributed by atoms with Crippen LogP contribution in [0.25, 0.3) is 11.0 Å². The van der Waals surface area contributed by atoms with Gasteiger partial charge in [-0.3, -0.25) is 9.48 Å². The van der Waals surface area contributed by atoms with Crippen molar-refractivity contribution in [1.29, 1.82) is 0 Å². The number of furan rings is 1. The number of imidazole rings is 1. The molecule has 0 fully saturated rings. The minimum Gasteiger partial charge on any atom is -0.458 e. The highest BCUT2D eigenvalue weighted by Crippen LogP contribution is 2.37. The maximum Gasteiger partial charge on any atom is 0.273 e. The first kappa shape index (κ1) is 17.6. The first-order chi connectivity index (χ1) is 14.1. The molecule has 0 saturated heterocycles. The summed E-state index contributed by atoms with van der Waals surface area (Å²) in [7, 11) is 0. The molecule has 1 aliphatic rings. The Bertz CT molecular complexity index is 1150. The normalized spacial score (nSPS) is 16.5. The first-order valence-electron chi connectivity index (χ1n) is 9.23. The smallest absolute Gasteiger partial charge is 0.273 e. The summed E-state index contributed by atoms with van der Waals surface area (Å²) in [6.45, 7) is -0.236. The van der Waals surface area contributed by atoms with E-state index in [9.17, 15) is 13.6 Å². The molecule has 0 radical (unpaired) electrons. The first-order valence-corrected chi connectivity index (χ1v) is 9.23. The van der Waals surface area contributed by atoms with Gasteiger partial charge in [-0.15, -0.1) is 0 Å². The van der Waals surface area contributed by atoms with E-state index < -0.39 is 19.0 Å². The molecule has 29 heavy (non-hydrogen) atoms. The van der Waals surface area contributed by atoms with Gasteiger partial charge in [-0.25, -0.2) is 13.8 Å². The number of nitrogens with one attached hydrogen (secondary N) is 1. The molecule has 0 saturated carbocycles. The van der Waals surface area contributed by atoms with E-state index in [1.807, 2.05) is 30.3 Å². The van der Waals surface area contributed by atoms with Crippen molar-refractivity contribution >= 4 is 16.9 Å². The van der Waals surface area contributed by atoms with Crippen molar-refractivity contribution < 1.29 is 18.0 Å². The number of alkyl halides is 2. The van der Waals surface area contributed by atoms with Gasteiger partial charge in [0.15, 0.2) is 0 Å². The van der Waals surface area contributed by atoms with E-state index in [-0.39, 0.29) is 11.6 Å². The number of H-pyrrole nitrogens is 1. The Labute approximate surface area is 163 Å². The maximum atomic E-state index is 13.3. The van der Waals surface area contributed by atoms with Crippen molar-refractivity contribution in [3.8, 4) is 0 Å². The number of hydrogen-bond acceptors (Lipinski definition) is 4. The van der Waals surface area contributed by atoms with Crippen LogP contribution in [-0.4, -0.2) is 43.5 Å². The summed E-state index contributed by atoms with van der Waals surface area (Å²) in [6, 6.07) is 10.4. The Morgan fingerprint density at radius 2 is 2.17 bits per heavy atom. The number of aromatic amines is 1. The van der Waals surface area contributed by atoms with Gasteiger partial charge in [0, 0.05) is 30.2 Å². The third kappa shape index (κ3) is 2.98. The van der Waals surface area contributed by atoms with Crippen molar-refractivity contribution in [3.63, 3.8) is 0 Å². The lowest BCUT2D eigenvalue weighted by Gasteiger charge is -2.33. The molecule has 5 rings (SSSR count). The molecule has 1 amide bonds. The fourth-order valence-corrected chi connectivity index (χ4v) is 3.86. The second kappa shape index (κ2) is 6.84. The van der Waals surface area contributed by atoms with Gasteiger partial charge >= 0.3 is 0 Å². The average Bonchev–Trinajstić information content (AvgIpc) is 3.44.